The molecule has 24 heavy (non-hydrogen) atoms. The summed E-state index contributed by atoms with van der Waals surface area (Å²) in [4.78, 5) is 14.4. The van der Waals surface area contributed by atoms with Crippen LogP contribution in [0.5, 0.6) is 11.5 Å². The molecule has 6 heteroatoms. The summed E-state index contributed by atoms with van der Waals surface area (Å²) in [6, 6.07) is 13.1. The van der Waals surface area contributed by atoms with E-state index in [-0.39, 0.29) is 12.1 Å². The van der Waals surface area contributed by atoms with E-state index >= 15 is 0 Å². The van der Waals surface area contributed by atoms with Crippen molar-refractivity contribution in [1.82, 2.24) is 5.32 Å². The number of para-hydroxylation sites is 1. The number of amides is 2. The Morgan fingerprint density at radius 2 is 2.12 bits per heavy atom. The van der Waals surface area contributed by atoms with Gasteiger partial charge in [0.05, 0.1) is 18.8 Å². The summed E-state index contributed by atoms with van der Waals surface area (Å²) in [7, 11) is 1.62. The third-order valence-corrected chi connectivity index (χ3v) is 5.04. The Kier molecular flexibility index (Phi) is 3.46. The maximum Gasteiger partial charge on any atom is 0.325 e. The minimum Gasteiger partial charge on any atom is -0.493 e. The van der Waals surface area contributed by atoms with Crippen molar-refractivity contribution in [3.8, 4) is 11.5 Å². The molecule has 0 saturated carbocycles. The number of hydrogen-bond acceptors (Lipinski definition) is 3. The number of fused-ring (bicyclic) bond motifs is 4. The monoisotopic (exact) mass is 388 g/mol. The van der Waals surface area contributed by atoms with Crippen molar-refractivity contribution < 1.29 is 14.3 Å². The number of ether oxygens (including phenoxy) is 2. The molecule has 2 aromatic rings. The topological polar surface area (TPSA) is 50.8 Å². The van der Waals surface area contributed by atoms with Crippen LogP contribution >= 0.6 is 15.9 Å². The number of rotatable bonds is 2. The highest BCUT2D eigenvalue weighted by Crippen LogP contribution is 2.49. The highest BCUT2D eigenvalue weighted by atomic mass is 79.9. The molecule has 2 aromatic carbocycles. The predicted octanol–water partition coefficient (Wildman–Crippen LogP) is 4.23. The van der Waals surface area contributed by atoms with Gasteiger partial charge in [0.15, 0.2) is 17.2 Å². The Bertz CT molecular complexity index is 826. The molecular weight excluding hydrogens is 372 g/mol. The van der Waals surface area contributed by atoms with Crippen molar-refractivity contribution in [3.05, 3.63) is 52.5 Å². The molecule has 2 unspecified atom stereocenters. The first-order valence-electron chi connectivity index (χ1n) is 7.74. The zero-order valence-electron chi connectivity index (χ0n) is 13.4. The van der Waals surface area contributed by atoms with E-state index in [1.165, 1.54) is 0 Å². The second-order valence-electron chi connectivity index (χ2n) is 6.18. The van der Waals surface area contributed by atoms with Gasteiger partial charge in [0.25, 0.3) is 0 Å². The summed E-state index contributed by atoms with van der Waals surface area (Å²) < 4.78 is 12.7. The fourth-order valence-corrected chi connectivity index (χ4v) is 3.91. The average molecular weight is 389 g/mol. The van der Waals surface area contributed by atoms with Crippen LogP contribution in [0.2, 0.25) is 0 Å². The highest BCUT2D eigenvalue weighted by molar-refractivity contribution is 9.10. The van der Waals surface area contributed by atoms with Crippen LogP contribution in [0.15, 0.2) is 46.9 Å². The van der Waals surface area contributed by atoms with Gasteiger partial charge in [0.1, 0.15) is 0 Å². The minimum absolute atomic E-state index is 0.0928. The number of nitrogens with zero attached hydrogens (tertiary/aromatic N) is 1. The van der Waals surface area contributed by atoms with Gasteiger partial charge in [-0.3, -0.25) is 4.90 Å². The summed E-state index contributed by atoms with van der Waals surface area (Å²) in [6.07, 6.45) is 0.658. The Hall–Kier alpha value is -2.21. The first-order chi connectivity index (χ1) is 11.5. The van der Waals surface area contributed by atoms with E-state index in [0.717, 1.165) is 15.7 Å². The molecule has 2 bridgehead atoms. The molecule has 0 aliphatic carbocycles. The third-order valence-electron chi connectivity index (χ3n) is 4.55. The summed E-state index contributed by atoms with van der Waals surface area (Å²) in [6.45, 7) is 1.94. The molecule has 0 radical (unpaired) electrons. The van der Waals surface area contributed by atoms with Crippen molar-refractivity contribution >= 4 is 27.6 Å². The number of halogens is 1. The number of benzene rings is 2. The van der Waals surface area contributed by atoms with Crippen molar-refractivity contribution in [2.75, 3.05) is 12.0 Å². The van der Waals surface area contributed by atoms with Gasteiger partial charge in [0, 0.05) is 16.5 Å². The summed E-state index contributed by atoms with van der Waals surface area (Å²) in [5, 5.41) is 3.08. The van der Waals surface area contributed by atoms with Gasteiger partial charge in [-0.25, -0.2) is 4.79 Å². The van der Waals surface area contributed by atoms with Gasteiger partial charge in [-0.2, -0.15) is 0 Å². The molecule has 2 aliphatic rings. The van der Waals surface area contributed by atoms with Crippen LogP contribution < -0.4 is 19.7 Å². The number of hydrogen-bond donors (Lipinski definition) is 1. The average Bonchev–Trinajstić information content (AvgIpc) is 2.53. The van der Waals surface area contributed by atoms with E-state index in [0.29, 0.717) is 17.9 Å². The van der Waals surface area contributed by atoms with Crippen molar-refractivity contribution in [3.63, 3.8) is 0 Å². The second-order valence-corrected chi connectivity index (χ2v) is 7.09. The Balaban J connectivity index is 1.83. The Labute approximate surface area is 148 Å². The fourth-order valence-electron chi connectivity index (χ4n) is 3.53. The van der Waals surface area contributed by atoms with Gasteiger partial charge in [-0.05, 0) is 31.2 Å². The predicted molar refractivity (Wildman–Crippen MR) is 94.5 cm³/mol. The van der Waals surface area contributed by atoms with Gasteiger partial charge >= 0.3 is 6.03 Å². The molecule has 4 rings (SSSR count). The standard InChI is InChI=1S/C18H17BrN2O3/c1-18-10-14(13-7-4-8-15(23-2)16(13)24-18)20-17(22)21(18)12-6-3-5-11(19)9-12/h3-9,14H,10H2,1-2H3,(H,20,22). The van der Waals surface area contributed by atoms with Crippen molar-refractivity contribution in [1.29, 1.82) is 0 Å². The van der Waals surface area contributed by atoms with Gasteiger partial charge in [-0.1, -0.05) is 34.1 Å². The molecule has 2 heterocycles. The summed E-state index contributed by atoms with van der Waals surface area (Å²) >= 11 is 3.46. The molecule has 1 N–H and O–H groups in total. The van der Waals surface area contributed by atoms with Crippen LogP contribution in [0.1, 0.15) is 24.9 Å². The molecule has 1 saturated heterocycles. The lowest BCUT2D eigenvalue weighted by Gasteiger charge is -2.50. The fraction of sp³-hybridized carbons (Fsp3) is 0.278. The summed E-state index contributed by atoms with van der Waals surface area (Å²) in [5.41, 5.74) is 0.949. The normalized spacial score (nSPS) is 24.7. The first-order valence-corrected chi connectivity index (χ1v) is 8.53. The van der Waals surface area contributed by atoms with E-state index in [2.05, 4.69) is 21.2 Å². The van der Waals surface area contributed by atoms with E-state index in [1.54, 1.807) is 12.0 Å². The SMILES string of the molecule is COc1cccc2c1OC1(C)CC2NC(=O)N1c1cccc(Br)c1. The quantitative estimate of drug-likeness (QED) is 0.837. The van der Waals surface area contributed by atoms with Gasteiger partial charge < -0.3 is 14.8 Å². The van der Waals surface area contributed by atoms with Crippen LogP contribution in [0.4, 0.5) is 10.5 Å². The van der Waals surface area contributed by atoms with Crippen LogP contribution in [-0.4, -0.2) is 18.9 Å². The summed E-state index contributed by atoms with van der Waals surface area (Å²) in [5.74, 6) is 1.37. The van der Waals surface area contributed by atoms with Crippen LogP contribution in [0, 0.1) is 0 Å². The maximum atomic E-state index is 12.8. The lowest BCUT2D eigenvalue weighted by atomic mass is 9.90. The van der Waals surface area contributed by atoms with Crippen LogP contribution in [0.3, 0.4) is 0 Å². The van der Waals surface area contributed by atoms with Crippen molar-refractivity contribution in [2.24, 2.45) is 0 Å². The number of carbonyl (C=O) groups is 1. The smallest absolute Gasteiger partial charge is 0.325 e. The first kappa shape index (κ1) is 15.3. The Morgan fingerprint density at radius 1 is 1.33 bits per heavy atom. The molecule has 2 aliphatic heterocycles. The zero-order chi connectivity index (χ0) is 16.9. The van der Waals surface area contributed by atoms with Crippen LogP contribution in [-0.2, 0) is 0 Å². The number of anilines is 1. The van der Waals surface area contributed by atoms with Crippen molar-refractivity contribution in [2.45, 2.75) is 25.1 Å². The van der Waals surface area contributed by atoms with Crippen LogP contribution in [0.25, 0.3) is 0 Å². The van der Waals surface area contributed by atoms with E-state index in [9.17, 15) is 4.79 Å². The van der Waals surface area contributed by atoms with E-state index in [1.807, 2.05) is 49.4 Å². The highest BCUT2D eigenvalue weighted by Gasteiger charge is 2.50. The number of carbonyl (C=O) groups excluding carboxylic acids is 1. The minimum atomic E-state index is -0.782. The molecule has 0 spiro atoms. The molecule has 1 fully saturated rings. The molecular formula is C18H17BrN2O3. The molecule has 2 atom stereocenters. The number of nitrogens with one attached hydrogen (secondary N) is 1. The number of urea groups is 1. The molecule has 124 valence electrons. The molecule has 5 nitrogen and oxygen atoms in total. The Morgan fingerprint density at radius 3 is 2.88 bits per heavy atom. The second kappa shape index (κ2) is 5.41. The lowest BCUT2D eigenvalue weighted by Crippen LogP contribution is -2.65. The zero-order valence-corrected chi connectivity index (χ0v) is 15.0. The number of methoxy groups -OCH3 is 1. The third kappa shape index (κ3) is 2.24. The van der Waals surface area contributed by atoms with Gasteiger partial charge in [0.2, 0.25) is 0 Å². The largest absolute Gasteiger partial charge is 0.493 e. The molecule has 0 aromatic heterocycles. The molecule has 2 amide bonds. The maximum absolute atomic E-state index is 12.8. The van der Waals surface area contributed by atoms with E-state index in [4.69, 9.17) is 9.47 Å². The lowest BCUT2D eigenvalue weighted by molar-refractivity contribution is 0.0349. The van der Waals surface area contributed by atoms with E-state index < -0.39 is 5.72 Å². The van der Waals surface area contributed by atoms with Gasteiger partial charge in [-0.15, -0.1) is 0 Å².